The minimum absolute atomic E-state index is 0.0782. The number of carbonyl (C=O) groups is 1. The average molecular weight is 341 g/mol. The summed E-state index contributed by atoms with van der Waals surface area (Å²) in [7, 11) is -3.54. The molecular weight excluding hydrogens is 314 g/mol. The van der Waals surface area contributed by atoms with Crippen LogP contribution in [0.3, 0.4) is 0 Å². The normalized spacial score (nSPS) is 12.7. The molecule has 1 aromatic carbocycles. The Morgan fingerprint density at radius 2 is 1.96 bits per heavy atom. The van der Waals surface area contributed by atoms with Gasteiger partial charge in [-0.1, -0.05) is 26.0 Å². The number of amides is 1. The molecule has 0 heterocycles. The lowest BCUT2D eigenvalue weighted by Gasteiger charge is -2.29. The van der Waals surface area contributed by atoms with Crippen molar-refractivity contribution in [1.82, 2.24) is 4.90 Å². The zero-order valence-corrected chi connectivity index (χ0v) is 15.2. The second-order valence-electron chi connectivity index (χ2n) is 5.61. The number of benzene rings is 1. The molecule has 5 nitrogen and oxygen atoms in total. The van der Waals surface area contributed by atoms with E-state index in [9.17, 15) is 13.2 Å². The Hall–Kier alpha value is -1.56. The third-order valence-corrected chi connectivity index (χ3v) is 4.89. The van der Waals surface area contributed by atoms with Crippen molar-refractivity contribution in [2.75, 3.05) is 5.75 Å². The van der Waals surface area contributed by atoms with Gasteiger partial charge in [-0.3, -0.25) is 4.79 Å². The Bertz CT molecular complexity index is 613. The second kappa shape index (κ2) is 8.91. The first kappa shape index (κ1) is 19.5. The number of hydrogen-bond acceptors (Lipinski definition) is 4. The fourth-order valence-electron chi connectivity index (χ4n) is 2.17. The molecule has 1 atom stereocenters. The van der Waals surface area contributed by atoms with Crippen LogP contribution in [0.4, 0.5) is 0 Å². The molecule has 1 aromatic rings. The van der Waals surface area contributed by atoms with Crippen LogP contribution in [0.1, 0.15) is 52.5 Å². The SMILES string of the molecule is CCCC(=O)N(Cc1cccc(OS(=O)(=O)CC)c1)[C@@H](C)CC. The van der Waals surface area contributed by atoms with Gasteiger partial charge in [-0.25, -0.2) is 0 Å². The maximum atomic E-state index is 12.3. The largest absolute Gasteiger partial charge is 0.382 e. The molecule has 6 heteroatoms. The van der Waals surface area contributed by atoms with Crippen LogP contribution in [0.2, 0.25) is 0 Å². The molecule has 0 saturated carbocycles. The van der Waals surface area contributed by atoms with Crippen LogP contribution in [0.25, 0.3) is 0 Å². The van der Waals surface area contributed by atoms with Gasteiger partial charge >= 0.3 is 10.1 Å². The smallest absolute Gasteiger partial charge is 0.308 e. The van der Waals surface area contributed by atoms with E-state index < -0.39 is 10.1 Å². The zero-order valence-electron chi connectivity index (χ0n) is 14.4. The highest BCUT2D eigenvalue weighted by Crippen LogP contribution is 2.19. The first-order chi connectivity index (χ1) is 10.8. The molecule has 0 radical (unpaired) electrons. The number of rotatable bonds is 9. The first-order valence-electron chi connectivity index (χ1n) is 8.13. The van der Waals surface area contributed by atoms with Gasteiger partial charge in [0.15, 0.2) is 0 Å². The van der Waals surface area contributed by atoms with E-state index in [1.807, 2.05) is 31.7 Å². The van der Waals surface area contributed by atoms with Gasteiger partial charge in [-0.15, -0.1) is 0 Å². The molecule has 0 aliphatic rings. The van der Waals surface area contributed by atoms with Crippen LogP contribution in [0.15, 0.2) is 24.3 Å². The fraction of sp³-hybridized carbons (Fsp3) is 0.588. The quantitative estimate of drug-likeness (QED) is 0.646. The molecule has 0 spiro atoms. The van der Waals surface area contributed by atoms with E-state index in [0.717, 1.165) is 18.4 Å². The minimum atomic E-state index is -3.54. The molecule has 23 heavy (non-hydrogen) atoms. The molecule has 1 rings (SSSR count). The van der Waals surface area contributed by atoms with Crippen LogP contribution < -0.4 is 4.18 Å². The molecule has 0 saturated heterocycles. The summed E-state index contributed by atoms with van der Waals surface area (Å²) in [6, 6.07) is 7.05. The van der Waals surface area contributed by atoms with Crippen molar-refractivity contribution in [3.8, 4) is 5.75 Å². The highest BCUT2D eigenvalue weighted by molar-refractivity contribution is 7.87. The molecule has 0 aromatic heterocycles. The topological polar surface area (TPSA) is 63.7 Å². The molecule has 0 fully saturated rings. The Balaban J connectivity index is 2.94. The maximum absolute atomic E-state index is 12.3. The summed E-state index contributed by atoms with van der Waals surface area (Å²) in [5, 5.41) is 0. The van der Waals surface area contributed by atoms with Crippen molar-refractivity contribution >= 4 is 16.0 Å². The standard InChI is InChI=1S/C17H27NO4S/c1-5-9-17(19)18(14(4)6-2)13-15-10-8-11-16(12-15)22-23(20,21)7-3/h8,10-12,14H,5-7,9,13H2,1-4H3/t14-/m0/s1. The third kappa shape index (κ3) is 6.22. The van der Waals surface area contributed by atoms with Crippen LogP contribution in [-0.2, 0) is 21.5 Å². The predicted octanol–water partition coefficient (Wildman–Crippen LogP) is 3.34. The summed E-state index contributed by atoms with van der Waals surface area (Å²) in [6.07, 6.45) is 2.20. The Labute approximate surface area is 139 Å². The lowest BCUT2D eigenvalue weighted by molar-refractivity contribution is -0.134. The van der Waals surface area contributed by atoms with Gasteiger partial charge in [-0.2, -0.15) is 8.42 Å². The van der Waals surface area contributed by atoms with Crippen molar-refractivity contribution in [3.05, 3.63) is 29.8 Å². The molecule has 0 bridgehead atoms. The maximum Gasteiger partial charge on any atom is 0.308 e. The fourth-order valence-corrected chi connectivity index (χ4v) is 2.68. The van der Waals surface area contributed by atoms with E-state index >= 15 is 0 Å². The van der Waals surface area contributed by atoms with Gasteiger partial charge in [-0.05, 0) is 44.4 Å². The third-order valence-electron chi connectivity index (χ3n) is 3.74. The van der Waals surface area contributed by atoms with Crippen molar-refractivity contribution in [2.24, 2.45) is 0 Å². The van der Waals surface area contributed by atoms with Gasteiger partial charge in [0.1, 0.15) is 5.75 Å². The molecule has 0 aliphatic carbocycles. The molecule has 130 valence electrons. The van der Waals surface area contributed by atoms with Crippen molar-refractivity contribution in [2.45, 2.75) is 59.5 Å². The molecule has 0 unspecified atom stereocenters. The summed E-state index contributed by atoms with van der Waals surface area (Å²) in [6.45, 7) is 8.04. The highest BCUT2D eigenvalue weighted by Gasteiger charge is 2.19. The molecule has 0 N–H and O–H groups in total. The van der Waals surface area contributed by atoms with Crippen molar-refractivity contribution in [3.63, 3.8) is 0 Å². The lowest BCUT2D eigenvalue weighted by atomic mass is 10.1. The van der Waals surface area contributed by atoms with Crippen LogP contribution in [-0.4, -0.2) is 31.0 Å². The van der Waals surface area contributed by atoms with Crippen LogP contribution >= 0.6 is 0 Å². The van der Waals surface area contributed by atoms with Crippen molar-refractivity contribution < 1.29 is 17.4 Å². The van der Waals surface area contributed by atoms with Gasteiger partial charge < -0.3 is 9.08 Å². The summed E-state index contributed by atoms with van der Waals surface area (Å²) < 4.78 is 28.2. The molecule has 1 amide bonds. The second-order valence-corrected chi connectivity index (χ2v) is 7.47. The summed E-state index contributed by atoms with van der Waals surface area (Å²) in [5.41, 5.74) is 0.860. The van der Waals surface area contributed by atoms with E-state index in [2.05, 4.69) is 0 Å². The van der Waals surface area contributed by atoms with Gasteiger partial charge in [0, 0.05) is 19.0 Å². The Morgan fingerprint density at radius 1 is 1.26 bits per heavy atom. The Kier molecular flexibility index (Phi) is 7.55. The Morgan fingerprint density at radius 3 is 2.52 bits per heavy atom. The summed E-state index contributed by atoms with van der Waals surface area (Å²) in [5.74, 6) is 0.330. The molecule has 0 aliphatic heterocycles. The first-order valence-corrected chi connectivity index (χ1v) is 9.71. The summed E-state index contributed by atoms with van der Waals surface area (Å²) >= 11 is 0. The number of carbonyl (C=O) groups excluding carboxylic acids is 1. The van der Waals surface area contributed by atoms with E-state index in [1.54, 1.807) is 18.2 Å². The minimum Gasteiger partial charge on any atom is -0.382 e. The van der Waals surface area contributed by atoms with Crippen LogP contribution in [0, 0.1) is 0 Å². The zero-order chi connectivity index (χ0) is 17.5. The van der Waals surface area contributed by atoms with Gasteiger partial charge in [0.25, 0.3) is 0 Å². The monoisotopic (exact) mass is 341 g/mol. The summed E-state index contributed by atoms with van der Waals surface area (Å²) in [4.78, 5) is 14.2. The van der Waals surface area contributed by atoms with Crippen molar-refractivity contribution in [1.29, 1.82) is 0 Å². The van der Waals surface area contributed by atoms with Crippen LogP contribution in [0.5, 0.6) is 5.75 Å². The highest BCUT2D eigenvalue weighted by atomic mass is 32.2. The average Bonchev–Trinajstić information content (AvgIpc) is 2.52. The molecular formula is C17H27NO4S. The van der Waals surface area contributed by atoms with E-state index in [4.69, 9.17) is 4.18 Å². The lowest BCUT2D eigenvalue weighted by Crippen LogP contribution is -2.37. The number of hydrogen-bond donors (Lipinski definition) is 0. The van der Waals surface area contributed by atoms with Gasteiger partial charge in [0.05, 0.1) is 5.75 Å². The predicted molar refractivity (Wildman–Crippen MR) is 91.7 cm³/mol. The van der Waals surface area contributed by atoms with E-state index in [-0.39, 0.29) is 23.5 Å². The van der Waals surface area contributed by atoms with E-state index in [1.165, 1.54) is 6.92 Å². The number of nitrogens with zero attached hydrogens (tertiary/aromatic N) is 1. The van der Waals surface area contributed by atoms with Gasteiger partial charge in [0.2, 0.25) is 5.91 Å². The van der Waals surface area contributed by atoms with E-state index in [0.29, 0.717) is 13.0 Å².